The summed E-state index contributed by atoms with van der Waals surface area (Å²) in [5.41, 5.74) is 0. The third-order valence-electron chi connectivity index (χ3n) is 2.13. The average molecular weight is 167 g/mol. The summed E-state index contributed by atoms with van der Waals surface area (Å²) in [6, 6.07) is 4.54. The van der Waals surface area contributed by atoms with Crippen LogP contribution in [0.1, 0.15) is 32.4 Å². The van der Waals surface area contributed by atoms with Crippen molar-refractivity contribution in [3.05, 3.63) is 24.2 Å². The average Bonchev–Trinajstić information content (AvgIpc) is 2.59. The molecule has 0 amide bonds. The molecule has 12 heavy (non-hydrogen) atoms. The zero-order chi connectivity index (χ0) is 8.81. The first kappa shape index (κ1) is 9.33. The molecule has 0 aliphatic heterocycles. The van der Waals surface area contributed by atoms with Gasteiger partial charge in [-0.25, -0.2) is 0 Å². The van der Waals surface area contributed by atoms with E-state index in [1.54, 1.807) is 6.26 Å². The van der Waals surface area contributed by atoms with E-state index < -0.39 is 0 Å². The van der Waals surface area contributed by atoms with E-state index in [1.165, 1.54) is 12.8 Å². The molecule has 1 N–H and O–H groups in total. The normalized spacial score (nSPS) is 10.9. The molecular formula is C10H17NO. The Hall–Kier alpha value is -0.760. The van der Waals surface area contributed by atoms with Crippen LogP contribution in [0.3, 0.4) is 0 Å². The van der Waals surface area contributed by atoms with Gasteiger partial charge in [-0.2, -0.15) is 0 Å². The van der Waals surface area contributed by atoms with Gasteiger partial charge in [0.2, 0.25) is 0 Å². The first-order valence-electron chi connectivity index (χ1n) is 4.62. The van der Waals surface area contributed by atoms with Crippen LogP contribution in [0.4, 0.5) is 0 Å². The zero-order valence-corrected chi connectivity index (χ0v) is 7.84. The topological polar surface area (TPSA) is 25.2 Å². The van der Waals surface area contributed by atoms with E-state index in [4.69, 9.17) is 4.42 Å². The molecule has 0 aromatic carbocycles. The lowest BCUT2D eigenvalue weighted by Crippen LogP contribution is -2.26. The lowest BCUT2D eigenvalue weighted by Gasteiger charge is -2.12. The molecule has 0 bridgehead atoms. The summed E-state index contributed by atoms with van der Waals surface area (Å²) in [5.74, 6) is 1.02. The number of furan rings is 1. The predicted octanol–water partition coefficient (Wildman–Crippen LogP) is 2.56. The van der Waals surface area contributed by atoms with Crippen LogP contribution in [0.15, 0.2) is 22.8 Å². The standard InChI is InChI=1S/C10H17NO/c1-3-9(4-2)11-8-10-6-5-7-12-10/h5-7,9,11H,3-4,8H2,1-2H3. The monoisotopic (exact) mass is 167 g/mol. The Kier molecular flexibility index (Phi) is 3.88. The van der Waals surface area contributed by atoms with Crippen LogP contribution in [0.5, 0.6) is 0 Å². The van der Waals surface area contributed by atoms with Crippen molar-refractivity contribution in [2.75, 3.05) is 0 Å². The molecule has 0 saturated heterocycles. The molecular weight excluding hydrogens is 150 g/mol. The van der Waals surface area contributed by atoms with Gasteiger partial charge >= 0.3 is 0 Å². The maximum absolute atomic E-state index is 5.21. The Morgan fingerprint density at radius 2 is 2.17 bits per heavy atom. The third-order valence-corrected chi connectivity index (χ3v) is 2.13. The van der Waals surface area contributed by atoms with Crippen molar-refractivity contribution in [1.82, 2.24) is 5.32 Å². The van der Waals surface area contributed by atoms with Crippen molar-refractivity contribution in [3.8, 4) is 0 Å². The lowest BCUT2D eigenvalue weighted by molar-refractivity contribution is 0.429. The molecule has 0 saturated carbocycles. The van der Waals surface area contributed by atoms with Crippen LogP contribution in [0.2, 0.25) is 0 Å². The van der Waals surface area contributed by atoms with E-state index in [0.717, 1.165) is 12.3 Å². The molecule has 0 unspecified atom stereocenters. The summed E-state index contributed by atoms with van der Waals surface area (Å²) in [6.07, 6.45) is 4.07. The van der Waals surface area contributed by atoms with Crippen LogP contribution >= 0.6 is 0 Å². The number of hydrogen-bond acceptors (Lipinski definition) is 2. The van der Waals surface area contributed by atoms with Crippen LogP contribution in [-0.2, 0) is 6.54 Å². The Bertz CT molecular complexity index is 190. The minimum Gasteiger partial charge on any atom is -0.468 e. The highest BCUT2D eigenvalue weighted by Gasteiger charge is 2.02. The fraction of sp³-hybridized carbons (Fsp3) is 0.600. The summed E-state index contributed by atoms with van der Waals surface area (Å²) < 4.78 is 5.21. The fourth-order valence-corrected chi connectivity index (χ4v) is 1.24. The third kappa shape index (κ3) is 2.70. The van der Waals surface area contributed by atoms with E-state index in [0.29, 0.717) is 6.04 Å². The highest BCUT2D eigenvalue weighted by Crippen LogP contribution is 2.02. The quantitative estimate of drug-likeness (QED) is 0.729. The summed E-state index contributed by atoms with van der Waals surface area (Å²) in [7, 11) is 0. The highest BCUT2D eigenvalue weighted by atomic mass is 16.3. The SMILES string of the molecule is CCC(CC)NCc1ccco1. The molecule has 0 radical (unpaired) electrons. The fourth-order valence-electron chi connectivity index (χ4n) is 1.24. The largest absolute Gasteiger partial charge is 0.468 e. The maximum atomic E-state index is 5.21. The molecule has 1 aromatic heterocycles. The minimum absolute atomic E-state index is 0.620. The number of hydrogen-bond donors (Lipinski definition) is 1. The predicted molar refractivity (Wildman–Crippen MR) is 49.9 cm³/mol. The Morgan fingerprint density at radius 1 is 1.42 bits per heavy atom. The molecule has 1 heterocycles. The second-order valence-electron chi connectivity index (χ2n) is 2.97. The molecule has 2 heteroatoms. The van der Waals surface area contributed by atoms with Crippen molar-refractivity contribution in [3.63, 3.8) is 0 Å². The molecule has 2 nitrogen and oxygen atoms in total. The summed E-state index contributed by atoms with van der Waals surface area (Å²) in [4.78, 5) is 0. The van der Waals surface area contributed by atoms with Gasteiger partial charge in [0.05, 0.1) is 12.8 Å². The van der Waals surface area contributed by atoms with Gasteiger partial charge in [-0.05, 0) is 25.0 Å². The lowest BCUT2D eigenvalue weighted by atomic mass is 10.2. The first-order chi connectivity index (χ1) is 5.86. The Balaban J connectivity index is 2.25. The zero-order valence-electron chi connectivity index (χ0n) is 7.84. The summed E-state index contributed by atoms with van der Waals surface area (Å²) in [5, 5.41) is 3.43. The van der Waals surface area contributed by atoms with Crippen LogP contribution in [0.25, 0.3) is 0 Å². The molecule has 0 atom stereocenters. The van der Waals surface area contributed by atoms with E-state index in [9.17, 15) is 0 Å². The van der Waals surface area contributed by atoms with Crippen molar-refractivity contribution in [1.29, 1.82) is 0 Å². The van der Waals surface area contributed by atoms with Crippen molar-refractivity contribution in [2.24, 2.45) is 0 Å². The van der Waals surface area contributed by atoms with E-state index in [1.807, 2.05) is 12.1 Å². The van der Waals surface area contributed by atoms with E-state index >= 15 is 0 Å². The minimum atomic E-state index is 0.620. The molecule has 68 valence electrons. The smallest absolute Gasteiger partial charge is 0.117 e. The first-order valence-corrected chi connectivity index (χ1v) is 4.62. The van der Waals surface area contributed by atoms with Crippen LogP contribution in [-0.4, -0.2) is 6.04 Å². The van der Waals surface area contributed by atoms with E-state index in [2.05, 4.69) is 19.2 Å². The molecule has 1 aromatic rings. The van der Waals surface area contributed by atoms with Gasteiger partial charge < -0.3 is 9.73 Å². The molecule has 1 rings (SSSR count). The van der Waals surface area contributed by atoms with Gasteiger partial charge in [0.1, 0.15) is 5.76 Å². The maximum Gasteiger partial charge on any atom is 0.117 e. The Morgan fingerprint density at radius 3 is 2.67 bits per heavy atom. The van der Waals surface area contributed by atoms with Gasteiger partial charge in [0.25, 0.3) is 0 Å². The molecule has 0 aliphatic carbocycles. The van der Waals surface area contributed by atoms with Crippen molar-refractivity contribution in [2.45, 2.75) is 39.3 Å². The van der Waals surface area contributed by atoms with Crippen LogP contribution in [0, 0.1) is 0 Å². The Labute approximate surface area is 74.0 Å². The molecule has 0 fully saturated rings. The molecule has 0 aliphatic rings. The second-order valence-corrected chi connectivity index (χ2v) is 2.97. The van der Waals surface area contributed by atoms with Crippen molar-refractivity contribution < 1.29 is 4.42 Å². The van der Waals surface area contributed by atoms with Crippen LogP contribution < -0.4 is 5.32 Å². The van der Waals surface area contributed by atoms with Gasteiger partial charge in [-0.3, -0.25) is 0 Å². The van der Waals surface area contributed by atoms with Gasteiger partial charge in [0, 0.05) is 6.04 Å². The summed E-state index contributed by atoms with van der Waals surface area (Å²) >= 11 is 0. The number of rotatable bonds is 5. The second kappa shape index (κ2) is 4.99. The summed E-state index contributed by atoms with van der Waals surface area (Å²) in [6.45, 7) is 5.24. The number of nitrogens with one attached hydrogen (secondary N) is 1. The molecule has 0 spiro atoms. The van der Waals surface area contributed by atoms with E-state index in [-0.39, 0.29) is 0 Å². The highest BCUT2D eigenvalue weighted by molar-refractivity contribution is 4.97. The van der Waals surface area contributed by atoms with Crippen molar-refractivity contribution >= 4 is 0 Å². The van der Waals surface area contributed by atoms with Gasteiger partial charge in [-0.15, -0.1) is 0 Å². The van der Waals surface area contributed by atoms with Gasteiger partial charge in [-0.1, -0.05) is 13.8 Å². The van der Waals surface area contributed by atoms with Gasteiger partial charge in [0.15, 0.2) is 0 Å².